The third-order valence-electron chi connectivity index (χ3n) is 2.45. The van der Waals surface area contributed by atoms with E-state index in [9.17, 15) is 9.90 Å². The van der Waals surface area contributed by atoms with E-state index in [4.69, 9.17) is 5.73 Å². The molecular weight excluding hydrogens is 216 g/mol. The Morgan fingerprint density at radius 2 is 2.06 bits per heavy atom. The fraction of sp³-hybridized carbons (Fsp3) is 0.462. The maximum absolute atomic E-state index is 12.1. The number of amides is 1. The van der Waals surface area contributed by atoms with E-state index in [1.165, 1.54) is 4.90 Å². The van der Waals surface area contributed by atoms with Crippen molar-refractivity contribution in [3.63, 3.8) is 0 Å². The summed E-state index contributed by atoms with van der Waals surface area (Å²) in [6, 6.07) is 5.19. The van der Waals surface area contributed by atoms with E-state index in [1.54, 1.807) is 39.1 Å². The van der Waals surface area contributed by atoms with Crippen LogP contribution in [0.25, 0.3) is 0 Å². The van der Waals surface area contributed by atoms with Gasteiger partial charge >= 0.3 is 0 Å². The monoisotopic (exact) mass is 236 g/mol. The maximum Gasteiger partial charge on any atom is 0.253 e. The van der Waals surface area contributed by atoms with Crippen molar-refractivity contribution in [2.24, 2.45) is 0 Å². The van der Waals surface area contributed by atoms with E-state index in [1.807, 2.05) is 6.92 Å². The highest BCUT2D eigenvalue weighted by Crippen LogP contribution is 2.15. The molecule has 0 bridgehead atoms. The molecule has 1 aromatic carbocycles. The van der Waals surface area contributed by atoms with E-state index in [0.717, 1.165) is 5.56 Å². The van der Waals surface area contributed by atoms with Crippen LogP contribution in [0.4, 0.5) is 5.69 Å². The molecule has 94 valence electrons. The van der Waals surface area contributed by atoms with Crippen LogP contribution in [-0.4, -0.2) is 35.1 Å². The highest BCUT2D eigenvalue weighted by atomic mass is 16.3. The Labute approximate surface area is 102 Å². The summed E-state index contributed by atoms with van der Waals surface area (Å²) < 4.78 is 0. The number of carbonyl (C=O) groups is 1. The molecular formula is C13H20N2O2. The van der Waals surface area contributed by atoms with Crippen LogP contribution in [0, 0.1) is 6.92 Å². The second-order valence-corrected chi connectivity index (χ2v) is 5.05. The van der Waals surface area contributed by atoms with Gasteiger partial charge in [0.2, 0.25) is 0 Å². The number of carbonyl (C=O) groups excluding carboxylic acids is 1. The SMILES string of the molecule is Cc1cc(N)ccc1C(=O)N(C)CC(C)(C)O. The lowest BCUT2D eigenvalue weighted by Crippen LogP contribution is -2.39. The summed E-state index contributed by atoms with van der Waals surface area (Å²) in [7, 11) is 1.68. The van der Waals surface area contributed by atoms with Crippen LogP contribution in [0.15, 0.2) is 18.2 Å². The molecule has 0 aromatic heterocycles. The van der Waals surface area contributed by atoms with E-state index in [0.29, 0.717) is 11.3 Å². The van der Waals surface area contributed by atoms with Crippen LogP contribution in [0.1, 0.15) is 29.8 Å². The summed E-state index contributed by atoms with van der Waals surface area (Å²) in [5.41, 5.74) is 6.85. The largest absolute Gasteiger partial charge is 0.399 e. The smallest absolute Gasteiger partial charge is 0.253 e. The quantitative estimate of drug-likeness (QED) is 0.780. The molecule has 4 nitrogen and oxygen atoms in total. The van der Waals surface area contributed by atoms with Gasteiger partial charge in [-0.15, -0.1) is 0 Å². The van der Waals surface area contributed by atoms with E-state index < -0.39 is 5.60 Å². The second-order valence-electron chi connectivity index (χ2n) is 5.05. The van der Waals surface area contributed by atoms with E-state index >= 15 is 0 Å². The first-order valence-electron chi connectivity index (χ1n) is 5.55. The van der Waals surface area contributed by atoms with Crippen molar-refractivity contribution >= 4 is 11.6 Å². The van der Waals surface area contributed by atoms with Crippen molar-refractivity contribution in [3.05, 3.63) is 29.3 Å². The van der Waals surface area contributed by atoms with Gasteiger partial charge in [-0.1, -0.05) is 0 Å². The first-order valence-corrected chi connectivity index (χ1v) is 5.55. The number of aliphatic hydroxyl groups is 1. The lowest BCUT2D eigenvalue weighted by atomic mass is 10.1. The van der Waals surface area contributed by atoms with Crippen LogP contribution in [0.5, 0.6) is 0 Å². The zero-order valence-electron chi connectivity index (χ0n) is 10.8. The number of anilines is 1. The van der Waals surface area contributed by atoms with Crippen molar-refractivity contribution in [3.8, 4) is 0 Å². The summed E-state index contributed by atoms with van der Waals surface area (Å²) in [6.45, 7) is 5.48. The normalized spacial score (nSPS) is 11.4. The summed E-state index contributed by atoms with van der Waals surface area (Å²) in [6.07, 6.45) is 0. The Balaban J connectivity index is 2.89. The third kappa shape index (κ3) is 3.75. The Morgan fingerprint density at radius 1 is 1.47 bits per heavy atom. The summed E-state index contributed by atoms with van der Waals surface area (Å²) >= 11 is 0. The van der Waals surface area contributed by atoms with Crippen LogP contribution in [0.2, 0.25) is 0 Å². The minimum Gasteiger partial charge on any atom is -0.399 e. The fourth-order valence-electron chi connectivity index (χ4n) is 1.78. The number of likely N-dealkylation sites (N-methyl/N-ethyl adjacent to an activating group) is 1. The van der Waals surface area contributed by atoms with Gasteiger partial charge in [0, 0.05) is 24.8 Å². The number of hydrogen-bond donors (Lipinski definition) is 2. The summed E-state index contributed by atoms with van der Waals surface area (Å²) in [5, 5.41) is 9.68. The molecule has 1 aromatic rings. The maximum atomic E-state index is 12.1. The van der Waals surface area contributed by atoms with Crippen LogP contribution < -0.4 is 5.73 Å². The molecule has 4 heteroatoms. The second kappa shape index (κ2) is 4.75. The number of rotatable bonds is 3. The molecule has 1 rings (SSSR count). The van der Waals surface area contributed by atoms with E-state index in [-0.39, 0.29) is 12.5 Å². The molecule has 0 spiro atoms. The average molecular weight is 236 g/mol. The van der Waals surface area contributed by atoms with Gasteiger partial charge < -0.3 is 15.7 Å². The molecule has 3 N–H and O–H groups in total. The van der Waals surface area contributed by atoms with Gasteiger partial charge in [0.05, 0.1) is 5.60 Å². The van der Waals surface area contributed by atoms with E-state index in [2.05, 4.69) is 0 Å². The van der Waals surface area contributed by atoms with Crippen molar-refractivity contribution < 1.29 is 9.90 Å². The fourth-order valence-corrected chi connectivity index (χ4v) is 1.78. The van der Waals surface area contributed by atoms with Gasteiger partial charge in [0.25, 0.3) is 5.91 Å². The number of benzene rings is 1. The minimum atomic E-state index is -0.897. The third-order valence-corrected chi connectivity index (χ3v) is 2.45. The molecule has 0 saturated carbocycles. The highest BCUT2D eigenvalue weighted by Gasteiger charge is 2.21. The molecule has 0 unspecified atom stereocenters. The Kier molecular flexibility index (Phi) is 3.78. The van der Waals surface area contributed by atoms with Gasteiger partial charge in [-0.25, -0.2) is 0 Å². The molecule has 0 aliphatic heterocycles. The molecule has 1 amide bonds. The Bertz CT molecular complexity index is 422. The first kappa shape index (κ1) is 13.5. The van der Waals surface area contributed by atoms with Crippen LogP contribution in [-0.2, 0) is 0 Å². The van der Waals surface area contributed by atoms with Gasteiger partial charge in [-0.2, -0.15) is 0 Å². The van der Waals surface area contributed by atoms with Gasteiger partial charge in [-0.05, 0) is 44.5 Å². The molecule has 0 heterocycles. The van der Waals surface area contributed by atoms with Crippen LogP contribution in [0.3, 0.4) is 0 Å². The van der Waals surface area contributed by atoms with Crippen molar-refractivity contribution in [2.45, 2.75) is 26.4 Å². The number of nitrogens with two attached hydrogens (primary N) is 1. The average Bonchev–Trinajstić information content (AvgIpc) is 2.14. The summed E-state index contributed by atoms with van der Waals surface area (Å²) in [5.74, 6) is -0.107. The van der Waals surface area contributed by atoms with Gasteiger partial charge in [0.15, 0.2) is 0 Å². The molecule has 0 aliphatic rings. The van der Waals surface area contributed by atoms with Crippen molar-refractivity contribution in [2.75, 3.05) is 19.3 Å². The molecule has 0 atom stereocenters. The first-order chi connectivity index (χ1) is 7.70. The zero-order valence-corrected chi connectivity index (χ0v) is 10.8. The molecule has 0 saturated heterocycles. The zero-order chi connectivity index (χ0) is 13.2. The Hall–Kier alpha value is -1.55. The van der Waals surface area contributed by atoms with Crippen molar-refractivity contribution in [1.82, 2.24) is 4.90 Å². The number of aryl methyl sites for hydroxylation is 1. The Morgan fingerprint density at radius 3 is 2.53 bits per heavy atom. The molecule has 0 radical (unpaired) electrons. The lowest BCUT2D eigenvalue weighted by molar-refractivity contribution is 0.0367. The summed E-state index contributed by atoms with van der Waals surface area (Å²) in [4.78, 5) is 13.6. The number of nitrogens with zero attached hydrogens (tertiary/aromatic N) is 1. The topological polar surface area (TPSA) is 66.6 Å². The van der Waals surface area contributed by atoms with Crippen molar-refractivity contribution in [1.29, 1.82) is 0 Å². The lowest BCUT2D eigenvalue weighted by Gasteiger charge is -2.26. The van der Waals surface area contributed by atoms with Gasteiger partial charge in [-0.3, -0.25) is 4.79 Å². The number of nitrogen functional groups attached to an aromatic ring is 1. The predicted molar refractivity (Wildman–Crippen MR) is 68.8 cm³/mol. The highest BCUT2D eigenvalue weighted by molar-refractivity contribution is 5.95. The van der Waals surface area contributed by atoms with Crippen LogP contribution >= 0.6 is 0 Å². The standard InChI is InChI=1S/C13H20N2O2/c1-9-7-10(14)5-6-11(9)12(16)15(4)8-13(2,3)17/h5-7,17H,8,14H2,1-4H3. The molecule has 0 aliphatic carbocycles. The number of hydrogen-bond acceptors (Lipinski definition) is 3. The molecule has 0 fully saturated rings. The predicted octanol–water partition coefficient (Wildman–Crippen LogP) is 1.42. The molecule has 17 heavy (non-hydrogen) atoms. The minimum absolute atomic E-state index is 0.107. The van der Waals surface area contributed by atoms with Gasteiger partial charge in [0.1, 0.15) is 0 Å².